The number of unbranched alkanes of at least 4 members (excludes halogenated alkanes) is 15. The minimum absolute atomic E-state index is 0. The van der Waals surface area contributed by atoms with E-state index >= 15 is 0 Å². The van der Waals surface area contributed by atoms with Gasteiger partial charge in [0.25, 0.3) is 0 Å². The molecule has 0 saturated heterocycles. The predicted molar refractivity (Wildman–Crippen MR) is 101 cm³/mol. The minimum Gasteiger partial charge on any atom is -1.00 e. The Morgan fingerprint density at radius 3 is 1.26 bits per heavy atom. The number of rotatable bonds is 18. The van der Waals surface area contributed by atoms with Crippen LogP contribution in [0.25, 0.3) is 0 Å². The Bertz CT molecular complexity index is 216. The van der Waals surface area contributed by atoms with Crippen molar-refractivity contribution in [2.24, 2.45) is 0 Å². The summed E-state index contributed by atoms with van der Waals surface area (Å²) in [6, 6.07) is 0. The van der Waals surface area contributed by atoms with Crippen LogP contribution in [0.4, 0.5) is 0 Å². The summed E-state index contributed by atoms with van der Waals surface area (Å²) in [4.78, 5) is 0. The van der Waals surface area contributed by atoms with Gasteiger partial charge < -0.3 is 22.3 Å². The Hall–Kier alpha value is 0.180. The van der Waals surface area contributed by atoms with Gasteiger partial charge in [-0.05, 0) is 25.8 Å². The number of hydrogen-bond acceptors (Lipinski definition) is 0. The van der Waals surface area contributed by atoms with Crippen molar-refractivity contribution in [3.63, 3.8) is 0 Å². The van der Waals surface area contributed by atoms with E-state index in [0.29, 0.717) is 0 Å². The molecule has 0 aromatic carbocycles. The molecule has 23 heavy (non-hydrogen) atoms. The van der Waals surface area contributed by atoms with Gasteiger partial charge in [-0.15, -0.1) is 0 Å². The number of allylic oxidation sites excluding steroid dienone is 1. The van der Waals surface area contributed by atoms with E-state index in [1.54, 1.807) is 0 Å². The summed E-state index contributed by atoms with van der Waals surface area (Å²) in [7, 11) is 0. The zero-order chi connectivity index (χ0) is 16.1. The van der Waals surface area contributed by atoms with E-state index in [0.717, 1.165) is 0 Å². The lowest BCUT2D eigenvalue weighted by Crippen LogP contribution is -3.00. The van der Waals surface area contributed by atoms with E-state index in [1.807, 2.05) is 0 Å². The number of quaternary nitrogens is 1. The van der Waals surface area contributed by atoms with Gasteiger partial charge in [0.05, 0.1) is 12.7 Å². The molecule has 2 heteroatoms. The van der Waals surface area contributed by atoms with E-state index in [4.69, 9.17) is 0 Å². The molecule has 140 valence electrons. The first kappa shape index (κ1) is 25.4. The fourth-order valence-electron chi connectivity index (χ4n) is 3.04. The summed E-state index contributed by atoms with van der Waals surface area (Å²) in [6.07, 6.45) is 27.6. The molecular weight excluding hydrogens is 346 g/mol. The normalized spacial score (nSPS) is 11.0. The molecule has 0 rings (SSSR count). The van der Waals surface area contributed by atoms with Crippen molar-refractivity contribution < 1.29 is 22.3 Å². The fourth-order valence-corrected chi connectivity index (χ4v) is 3.04. The molecule has 0 radical (unpaired) electrons. The molecule has 1 nitrogen and oxygen atoms in total. The van der Waals surface area contributed by atoms with Crippen molar-refractivity contribution in [3.8, 4) is 0 Å². The topological polar surface area (TPSA) is 16.6 Å². The molecule has 0 heterocycles. The number of halogens is 1. The molecule has 2 N–H and O–H groups in total. The van der Waals surface area contributed by atoms with E-state index in [9.17, 15) is 0 Å². The molecular formula is C21H44BrN. The molecule has 0 aliphatic rings. The van der Waals surface area contributed by atoms with Crippen molar-refractivity contribution in [1.29, 1.82) is 0 Å². The van der Waals surface area contributed by atoms with Gasteiger partial charge in [0.2, 0.25) is 0 Å². The van der Waals surface area contributed by atoms with Crippen LogP contribution in [0.2, 0.25) is 0 Å². The third-order valence-electron chi connectivity index (χ3n) is 4.55. The first-order valence-electron chi connectivity index (χ1n) is 10.4. The average molecular weight is 390 g/mol. The third-order valence-corrected chi connectivity index (χ3v) is 4.55. The minimum atomic E-state index is 0. The van der Waals surface area contributed by atoms with Gasteiger partial charge in [0, 0.05) is 0 Å². The quantitative estimate of drug-likeness (QED) is 0.346. The van der Waals surface area contributed by atoms with Crippen molar-refractivity contribution in [2.45, 2.75) is 117 Å². The maximum absolute atomic E-state index is 2.30. The number of hydrogen-bond donors (Lipinski definition) is 1. The molecule has 0 aliphatic carbocycles. The van der Waals surface area contributed by atoms with Crippen LogP contribution >= 0.6 is 0 Å². The van der Waals surface area contributed by atoms with Crippen LogP contribution in [-0.4, -0.2) is 6.54 Å². The third kappa shape index (κ3) is 24.6. The van der Waals surface area contributed by atoms with Crippen LogP contribution in [-0.2, 0) is 0 Å². The van der Waals surface area contributed by atoms with Crippen LogP contribution in [0.3, 0.4) is 0 Å². The zero-order valence-corrected chi connectivity index (χ0v) is 17.7. The molecule has 0 fully saturated rings. The van der Waals surface area contributed by atoms with Crippen LogP contribution < -0.4 is 22.3 Å². The maximum Gasteiger partial charge on any atom is 0.0882 e. The summed E-state index contributed by atoms with van der Waals surface area (Å²) in [5.74, 6) is 0. The Morgan fingerprint density at radius 2 is 0.913 bits per heavy atom. The summed E-state index contributed by atoms with van der Waals surface area (Å²) < 4.78 is 0. The monoisotopic (exact) mass is 389 g/mol. The maximum atomic E-state index is 2.30. The molecule has 0 saturated carbocycles. The molecule has 0 atom stereocenters. The van der Waals surface area contributed by atoms with Gasteiger partial charge in [-0.3, -0.25) is 0 Å². The molecule has 0 unspecified atom stereocenters. The largest absolute Gasteiger partial charge is 1.00 e. The van der Waals surface area contributed by atoms with Crippen LogP contribution in [0.15, 0.2) is 12.3 Å². The van der Waals surface area contributed by atoms with Crippen molar-refractivity contribution in [2.75, 3.05) is 6.54 Å². The van der Waals surface area contributed by atoms with Gasteiger partial charge in [-0.25, -0.2) is 0 Å². The Morgan fingerprint density at radius 1 is 0.565 bits per heavy atom. The lowest BCUT2D eigenvalue weighted by atomic mass is 10.0. The van der Waals surface area contributed by atoms with E-state index < -0.39 is 0 Å². The van der Waals surface area contributed by atoms with E-state index in [1.165, 1.54) is 109 Å². The summed E-state index contributed by atoms with van der Waals surface area (Å²) in [5, 5.41) is 2.30. The van der Waals surface area contributed by atoms with Crippen LogP contribution in [0.5, 0.6) is 0 Å². The average Bonchev–Trinajstić information content (AvgIpc) is 2.54. The van der Waals surface area contributed by atoms with Crippen molar-refractivity contribution in [3.05, 3.63) is 12.3 Å². The second kappa shape index (κ2) is 24.4. The SMILES string of the molecule is CC=C[NH2+]CCCCCCCCCCCCCCCCCC.[Br-]. The van der Waals surface area contributed by atoms with Gasteiger partial charge in [0.15, 0.2) is 0 Å². The molecule has 0 amide bonds. The fraction of sp³-hybridized carbons (Fsp3) is 0.905. The first-order chi connectivity index (χ1) is 10.9. The van der Waals surface area contributed by atoms with Gasteiger partial charge in [0.1, 0.15) is 0 Å². The highest BCUT2D eigenvalue weighted by atomic mass is 79.9. The Kier molecular flexibility index (Phi) is 27.0. The van der Waals surface area contributed by atoms with Gasteiger partial charge >= 0.3 is 0 Å². The highest BCUT2D eigenvalue weighted by Crippen LogP contribution is 2.13. The Balaban J connectivity index is 0. The second-order valence-electron chi connectivity index (χ2n) is 6.85. The summed E-state index contributed by atoms with van der Waals surface area (Å²) in [6.45, 7) is 5.65. The van der Waals surface area contributed by atoms with Crippen molar-refractivity contribution >= 4 is 0 Å². The van der Waals surface area contributed by atoms with E-state index in [2.05, 4.69) is 31.4 Å². The molecule has 0 bridgehead atoms. The molecule has 0 aromatic heterocycles. The number of nitrogens with two attached hydrogens (primary N) is 1. The summed E-state index contributed by atoms with van der Waals surface area (Å²) in [5.41, 5.74) is 0. The van der Waals surface area contributed by atoms with Gasteiger partial charge in [-0.1, -0.05) is 96.8 Å². The lowest BCUT2D eigenvalue weighted by Gasteiger charge is -2.03. The first-order valence-corrected chi connectivity index (χ1v) is 10.4. The van der Waals surface area contributed by atoms with Crippen LogP contribution in [0.1, 0.15) is 117 Å². The predicted octanol–water partition coefficient (Wildman–Crippen LogP) is 3.35. The lowest BCUT2D eigenvalue weighted by molar-refractivity contribution is -0.588. The standard InChI is InChI=1S/C21H43N.BrH/c1-3-5-6-7-8-9-10-11-12-13-14-15-16-17-18-19-21-22-20-4-2;/h4,20,22H,3,5-19,21H2,1-2H3;1H. The van der Waals surface area contributed by atoms with Crippen LogP contribution in [0, 0.1) is 0 Å². The van der Waals surface area contributed by atoms with Crippen molar-refractivity contribution in [1.82, 2.24) is 0 Å². The summed E-state index contributed by atoms with van der Waals surface area (Å²) >= 11 is 0. The highest BCUT2D eigenvalue weighted by Gasteiger charge is 1.94. The highest BCUT2D eigenvalue weighted by molar-refractivity contribution is 4.60. The smallest absolute Gasteiger partial charge is 0.0882 e. The van der Waals surface area contributed by atoms with Gasteiger partial charge in [-0.2, -0.15) is 0 Å². The second-order valence-corrected chi connectivity index (χ2v) is 6.85. The van der Waals surface area contributed by atoms with E-state index in [-0.39, 0.29) is 17.0 Å². The zero-order valence-electron chi connectivity index (χ0n) is 16.1. The molecule has 0 aromatic rings. The molecule has 0 aliphatic heterocycles. The molecule has 0 spiro atoms. The Labute approximate surface area is 157 Å².